The molecule has 0 spiro atoms. The van der Waals surface area contributed by atoms with Crippen molar-refractivity contribution in [3.05, 3.63) is 12.4 Å². The molecule has 2 heterocycles. The number of carboxylic acids is 1. The number of rotatable bonds is 4. The molecule has 0 aliphatic heterocycles. The van der Waals surface area contributed by atoms with E-state index in [0.717, 1.165) is 5.56 Å². The van der Waals surface area contributed by atoms with Crippen LogP contribution in [0.3, 0.4) is 0 Å². The molecular formula is C10H12N6O2. The zero-order valence-electron chi connectivity index (χ0n) is 9.81. The summed E-state index contributed by atoms with van der Waals surface area (Å²) < 4.78 is 3.19. The van der Waals surface area contributed by atoms with Gasteiger partial charge in [-0.3, -0.25) is 9.48 Å². The predicted molar refractivity (Wildman–Crippen MR) is 59.3 cm³/mol. The van der Waals surface area contributed by atoms with Crippen molar-refractivity contribution in [2.24, 2.45) is 12.5 Å². The maximum Gasteiger partial charge on any atom is 0.311 e. The smallest absolute Gasteiger partial charge is 0.311 e. The largest absolute Gasteiger partial charge is 0.481 e. The highest BCUT2D eigenvalue weighted by Gasteiger charge is 2.51. The van der Waals surface area contributed by atoms with Crippen molar-refractivity contribution in [2.75, 3.05) is 0 Å². The number of nitrogens with zero attached hydrogens (tertiary/aromatic N) is 6. The highest BCUT2D eigenvalue weighted by molar-refractivity contribution is 5.77. The van der Waals surface area contributed by atoms with Gasteiger partial charge in [0.25, 0.3) is 0 Å². The van der Waals surface area contributed by atoms with E-state index in [2.05, 4.69) is 20.6 Å². The second-order valence-corrected chi connectivity index (χ2v) is 4.65. The van der Waals surface area contributed by atoms with E-state index in [0.29, 0.717) is 25.2 Å². The summed E-state index contributed by atoms with van der Waals surface area (Å²) >= 11 is 0. The van der Waals surface area contributed by atoms with Crippen LogP contribution in [-0.2, 0) is 18.4 Å². The SMILES string of the molecule is Cn1cc(-c2nnnn2CC2(C(=O)O)CC2)cn1. The Morgan fingerprint density at radius 3 is 2.89 bits per heavy atom. The molecule has 0 aromatic carbocycles. The second-order valence-electron chi connectivity index (χ2n) is 4.65. The maximum absolute atomic E-state index is 11.2. The number of tetrazole rings is 1. The molecule has 2 aromatic heterocycles. The van der Waals surface area contributed by atoms with Gasteiger partial charge in [0, 0.05) is 13.2 Å². The summed E-state index contributed by atoms with van der Waals surface area (Å²) in [6.45, 7) is 0.305. The van der Waals surface area contributed by atoms with E-state index in [9.17, 15) is 4.79 Å². The number of aromatic nitrogens is 6. The highest BCUT2D eigenvalue weighted by atomic mass is 16.4. The van der Waals surface area contributed by atoms with E-state index in [1.54, 1.807) is 24.1 Å². The fraction of sp³-hybridized carbons (Fsp3) is 0.500. The van der Waals surface area contributed by atoms with E-state index in [1.807, 2.05) is 0 Å². The van der Waals surface area contributed by atoms with Crippen LogP contribution in [0.4, 0.5) is 0 Å². The van der Waals surface area contributed by atoms with Gasteiger partial charge in [-0.15, -0.1) is 5.10 Å². The van der Waals surface area contributed by atoms with E-state index in [4.69, 9.17) is 5.11 Å². The van der Waals surface area contributed by atoms with E-state index < -0.39 is 11.4 Å². The lowest BCUT2D eigenvalue weighted by molar-refractivity contribution is -0.144. The van der Waals surface area contributed by atoms with Crippen molar-refractivity contribution in [1.82, 2.24) is 30.0 Å². The van der Waals surface area contributed by atoms with Gasteiger partial charge in [0.1, 0.15) is 0 Å². The third kappa shape index (κ3) is 1.66. The summed E-state index contributed by atoms with van der Waals surface area (Å²) in [7, 11) is 1.80. The van der Waals surface area contributed by atoms with Gasteiger partial charge < -0.3 is 5.11 Å². The normalized spacial score (nSPS) is 16.7. The lowest BCUT2D eigenvalue weighted by Crippen LogP contribution is -2.22. The molecule has 0 unspecified atom stereocenters. The molecule has 1 aliphatic carbocycles. The van der Waals surface area contributed by atoms with Gasteiger partial charge >= 0.3 is 5.97 Å². The molecule has 1 N–H and O–H groups in total. The van der Waals surface area contributed by atoms with E-state index in [1.165, 1.54) is 4.68 Å². The Labute approximate surface area is 102 Å². The van der Waals surface area contributed by atoms with Crippen molar-refractivity contribution in [3.8, 4) is 11.4 Å². The molecule has 18 heavy (non-hydrogen) atoms. The van der Waals surface area contributed by atoms with Gasteiger partial charge in [0.15, 0.2) is 5.82 Å². The Bertz CT molecular complexity index is 597. The molecule has 0 saturated heterocycles. The van der Waals surface area contributed by atoms with Crippen molar-refractivity contribution >= 4 is 5.97 Å². The Hall–Kier alpha value is -2.25. The van der Waals surface area contributed by atoms with Crippen molar-refractivity contribution in [2.45, 2.75) is 19.4 Å². The third-order valence-corrected chi connectivity index (χ3v) is 3.25. The minimum atomic E-state index is -0.782. The topological polar surface area (TPSA) is 98.7 Å². The molecule has 1 saturated carbocycles. The van der Waals surface area contributed by atoms with Crippen molar-refractivity contribution in [3.63, 3.8) is 0 Å². The first kappa shape index (κ1) is 10.9. The lowest BCUT2D eigenvalue weighted by atomic mass is 10.1. The summed E-state index contributed by atoms with van der Waals surface area (Å²) in [5.41, 5.74) is 0.0930. The van der Waals surface area contributed by atoms with Crippen LogP contribution in [0.1, 0.15) is 12.8 Å². The molecule has 0 amide bonds. The minimum absolute atomic E-state index is 0.305. The molecule has 0 bridgehead atoms. The minimum Gasteiger partial charge on any atom is -0.481 e. The average Bonchev–Trinajstić information content (AvgIpc) is 2.76. The Morgan fingerprint density at radius 2 is 2.33 bits per heavy atom. The van der Waals surface area contributed by atoms with Crippen LogP contribution >= 0.6 is 0 Å². The molecule has 8 heteroatoms. The fourth-order valence-corrected chi connectivity index (χ4v) is 1.93. The van der Waals surface area contributed by atoms with Crippen molar-refractivity contribution in [1.29, 1.82) is 0 Å². The molecule has 1 aliphatic rings. The first-order valence-electron chi connectivity index (χ1n) is 5.59. The molecule has 0 atom stereocenters. The molecule has 3 rings (SSSR count). The number of aliphatic carboxylic acids is 1. The van der Waals surface area contributed by atoms with Crippen LogP contribution in [-0.4, -0.2) is 41.1 Å². The first-order chi connectivity index (χ1) is 8.61. The number of aryl methyl sites for hydroxylation is 1. The maximum atomic E-state index is 11.2. The lowest BCUT2D eigenvalue weighted by Gasteiger charge is -2.09. The van der Waals surface area contributed by atoms with Crippen LogP contribution < -0.4 is 0 Å². The Morgan fingerprint density at radius 1 is 1.56 bits per heavy atom. The van der Waals surface area contributed by atoms with Gasteiger partial charge in [-0.2, -0.15) is 5.10 Å². The first-order valence-corrected chi connectivity index (χ1v) is 5.59. The van der Waals surface area contributed by atoms with Gasteiger partial charge in [-0.25, -0.2) is 4.68 Å². The molecule has 0 radical (unpaired) electrons. The van der Waals surface area contributed by atoms with Gasteiger partial charge in [0.2, 0.25) is 0 Å². The molecule has 1 fully saturated rings. The summed E-state index contributed by atoms with van der Waals surface area (Å²) in [5, 5.41) is 24.6. The van der Waals surface area contributed by atoms with Crippen LogP contribution in [0, 0.1) is 5.41 Å². The second kappa shape index (κ2) is 3.62. The number of carbonyl (C=O) groups is 1. The van der Waals surface area contributed by atoms with E-state index >= 15 is 0 Å². The molecular weight excluding hydrogens is 236 g/mol. The zero-order chi connectivity index (χ0) is 12.8. The Balaban J connectivity index is 1.91. The highest BCUT2D eigenvalue weighted by Crippen LogP contribution is 2.47. The number of carboxylic acid groups (broad SMARTS) is 1. The summed E-state index contributed by atoms with van der Waals surface area (Å²) in [6.07, 6.45) is 4.80. The van der Waals surface area contributed by atoms with Gasteiger partial charge in [-0.05, 0) is 23.3 Å². The third-order valence-electron chi connectivity index (χ3n) is 3.25. The van der Waals surface area contributed by atoms with Gasteiger partial charge in [0.05, 0.1) is 23.7 Å². The molecule has 94 valence electrons. The van der Waals surface area contributed by atoms with Crippen LogP contribution in [0.15, 0.2) is 12.4 Å². The quantitative estimate of drug-likeness (QED) is 0.813. The number of hydrogen-bond acceptors (Lipinski definition) is 5. The van der Waals surface area contributed by atoms with Crippen LogP contribution in [0.5, 0.6) is 0 Å². The monoisotopic (exact) mass is 248 g/mol. The van der Waals surface area contributed by atoms with E-state index in [-0.39, 0.29) is 0 Å². The van der Waals surface area contributed by atoms with Crippen LogP contribution in [0.2, 0.25) is 0 Å². The van der Waals surface area contributed by atoms with Gasteiger partial charge in [-0.1, -0.05) is 0 Å². The van der Waals surface area contributed by atoms with Crippen LogP contribution in [0.25, 0.3) is 11.4 Å². The average molecular weight is 248 g/mol. The summed E-state index contributed by atoms with van der Waals surface area (Å²) in [5.74, 6) is -0.231. The fourth-order valence-electron chi connectivity index (χ4n) is 1.93. The zero-order valence-corrected chi connectivity index (χ0v) is 9.81. The molecule has 8 nitrogen and oxygen atoms in total. The summed E-state index contributed by atoms with van der Waals surface area (Å²) in [6, 6.07) is 0. The number of hydrogen-bond donors (Lipinski definition) is 1. The summed E-state index contributed by atoms with van der Waals surface area (Å²) in [4.78, 5) is 11.2. The molecule has 2 aromatic rings. The Kier molecular flexibility index (Phi) is 2.19. The standard InChI is InChI=1S/C10H12N6O2/c1-15-5-7(4-11-15)8-12-13-14-16(8)6-10(2-3-10)9(17)18/h4-5H,2-3,6H2,1H3,(H,17,18). The predicted octanol–water partition coefficient (Wildman–Crippen LogP) is -0.0616. The van der Waals surface area contributed by atoms with Crippen molar-refractivity contribution < 1.29 is 9.90 Å².